The second-order valence-corrected chi connectivity index (χ2v) is 5.47. The molecule has 0 saturated carbocycles. The largest absolute Gasteiger partial charge is 0.381 e. The summed E-state index contributed by atoms with van der Waals surface area (Å²) in [6.45, 7) is 8.61. The topological polar surface area (TPSA) is 69.8 Å². The number of carbonyl (C=O) groups is 1. The molecule has 0 saturated heterocycles. The van der Waals surface area contributed by atoms with Gasteiger partial charge in [-0.05, 0) is 52.0 Å². The number of aromatic amines is 1. The number of H-pyrrole nitrogens is 1. The summed E-state index contributed by atoms with van der Waals surface area (Å²) < 4.78 is 0. The third-order valence-electron chi connectivity index (χ3n) is 3.32. The first kappa shape index (κ1) is 15.1. The van der Waals surface area contributed by atoms with Crippen molar-refractivity contribution < 1.29 is 4.79 Å². The molecule has 3 N–H and O–H groups in total. The van der Waals surface area contributed by atoms with Crippen molar-refractivity contribution in [2.45, 2.75) is 40.3 Å². The molecule has 0 atom stereocenters. The van der Waals surface area contributed by atoms with Gasteiger partial charge in [-0.1, -0.05) is 0 Å². The first-order chi connectivity index (χ1) is 9.97. The van der Waals surface area contributed by atoms with Crippen molar-refractivity contribution in [1.82, 2.24) is 15.5 Å². The van der Waals surface area contributed by atoms with Crippen LogP contribution in [0.3, 0.4) is 0 Å². The second kappa shape index (κ2) is 6.43. The molecule has 21 heavy (non-hydrogen) atoms. The number of rotatable bonds is 5. The highest BCUT2D eigenvalue weighted by Gasteiger charge is 2.08. The number of nitrogens with zero attached hydrogens (tertiary/aromatic N) is 1. The second-order valence-electron chi connectivity index (χ2n) is 5.47. The highest BCUT2D eigenvalue weighted by atomic mass is 16.1. The third-order valence-corrected chi connectivity index (χ3v) is 3.32. The molecule has 0 aliphatic heterocycles. The molecule has 1 aromatic heterocycles. The lowest BCUT2D eigenvalue weighted by Gasteiger charge is -2.10. The zero-order chi connectivity index (χ0) is 15.4. The van der Waals surface area contributed by atoms with Crippen LogP contribution in [0.15, 0.2) is 24.3 Å². The molecule has 2 aromatic rings. The Kier molecular flexibility index (Phi) is 4.62. The Morgan fingerprint density at radius 2 is 1.90 bits per heavy atom. The molecule has 0 fully saturated rings. The lowest BCUT2D eigenvalue weighted by Crippen LogP contribution is -2.29. The molecule has 1 aromatic carbocycles. The average Bonchev–Trinajstić information content (AvgIpc) is 2.75. The minimum Gasteiger partial charge on any atom is -0.381 e. The smallest absolute Gasteiger partial charge is 0.251 e. The van der Waals surface area contributed by atoms with Gasteiger partial charge in [0.15, 0.2) is 0 Å². The van der Waals surface area contributed by atoms with Gasteiger partial charge in [0.05, 0.1) is 5.69 Å². The van der Waals surface area contributed by atoms with Gasteiger partial charge >= 0.3 is 0 Å². The summed E-state index contributed by atoms with van der Waals surface area (Å²) in [5.74, 6) is -0.0435. The molecule has 1 amide bonds. The standard InChI is InChI=1S/C16H22N4O/c1-10(2)18-16(21)13-5-7-14(8-6-13)17-9-15-11(3)19-20-12(15)4/h5-8,10,17H,9H2,1-4H3,(H,18,21)(H,19,20). The number of carbonyl (C=O) groups excluding carboxylic acids is 1. The summed E-state index contributed by atoms with van der Waals surface area (Å²) in [7, 11) is 0. The molecule has 0 aliphatic carbocycles. The van der Waals surface area contributed by atoms with E-state index in [1.54, 1.807) is 0 Å². The first-order valence-electron chi connectivity index (χ1n) is 7.12. The highest BCUT2D eigenvalue weighted by Crippen LogP contribution is 2.14. The Morgan fingerprint density at radius 1 is 1.24 bits per heavy atom. The van der Waals surface area contributed by atoms with Crippen molar-refractivity contribution in [1.29, 1.82) is 0 Å². The fraction of sp³-hybridized carbons (Fsp3) is 0.375. The number of hydrogen-bond donors (Lipinski definition) is 3. The Bertz CT molecular complexity index is 594. The number of amides is 1. The minimum absolute atomic E-state index is 0.0435. The van der Waals surface area contributed by atoms with Crippen molar-refractivity contribution in [2.24, 2.45) is 0 Å². The average molecular weight is 286 g/mol. The molecule has 0 bridgehead atoms. The van der Waals surface area contributed by atoms with Crippen LogP contribution < -0.4 is 10.6 Å². The van der Waals surface area contributed by atoms with Crippen LogP contribution >= 0.6 is 0 Å². The summed E-state index contributed by atoms with van der Waals surface area (Å²) >= 11 is 0. The van der Waals surface area contributed by atoms with E-state index in [0.29, 0.717) is 12.1 Å². The van der Waals surface area contributed by atoms with Crippen molar-refractivity contribution in [2.75, 3.05) is 5.32 Å². The molecule has 0 aliphatic rings. The van der Waals surface area contributed by atoms with E-state index in [9.17, 15) is 4.79 Å². The summed E-state index contributed by atoms with van der Waals surface area (Å²) in [6, 6.07) is 7.63. The van der Waals surface area contributed by atoms with E-state index >= 15 is 0 Å². The van der Waals surface area contributed by atoms with Crippen molar-refractivity contribution in [3.63, 3.8) is 0 Å². The van der Waals surface area contributed by atoms with Crippen LogP contribution in [0.5, 0.6) is 0 Å². The van der Waals surface area contributed by atoms with Gasteiger partial charge in [0, 0.05) is 35.1 Å². The Labute approximate surface area is 125 Å². The van der Waals surface area contributed by atoms with Crippen molar-refractivity contribution >= 4 is 11.6 Å². The summed E-state index contributed by atoms with van der Waals surface area (Å²) in [4.78, 5) is 11.9. The van der Waals surface area contributed by atoms with Crippen LogP contribution in [0.25, 0.3) is 0 Å². The Morgan fingerprint density at radius 3 is 2.43 bits per heavy atom. The van der Waals surface area contributed by atoms with Crippen molar-refractivity contribution in [3.05, 3.63) is 46.8 Å². The number of nitrogens with one attached hydrogen (secondary N) is 3. The number of benzene rings is 1. The van der Waals surface area contributed by atoms with E-state index < -0.39 is 0 Å². The third kappa shape index (κ3) is 3.84. The summed E-state index contributed by atoms with van der Waals surface area (Å²) in [5, 5.41) is 13.4. The SMILES string of the molecule is Cc1n[nH]c(C)c1CNc1ccc(C(=O)NC(C)C)cc1. The lowest BCUT2D eigenvalue weighted by molar-refractivity contribution is 0.0943. The molecular formula is C16H22N4O. The van der Waals surface area contributed by atoms with Crippen LogP contribution in [0, 0.1) is 13.8 Å². The quantitative estimate of drug-likeness (QED) is 0.791. The minimum atomic E-state index is -0.0435. The van der Waals surface area contributed by atoms with Gasteiger partial charge in [0.2, 0.25) is 0 Å². The van der Waals surface area contributed by atoms with Crippen LogP contribution in [0.1, 0.15) is 41.2 Å². The maximum atomic E-state index is 11.9. The van der Waals surface area contributed by atoms with E-state index in [1.807, 2.05) is 52.0 Å². The molecule has 0 spiro atoms. The van der Waals surface area contributed by atoms with Crippen LogP contribution in [-0.2, 0) is 6.54 Å². The van der Waals surface area contributed by atoms with Gasteiger partial charge in [-0.2, -0.15) is 5.10 Å². The summed E-state index contributed by atoms with van der Waals surface area (Å²) in [5.41, 5.74) is 4.92. The van der Waals surface area contributed by atoms with E-state index in [4.69, 9.17) is 0 Å². The predicted octanol–water partition coefficient (Wildman–Crippen LogP) is 2.78. The zero-order valence-electron chi connectivity index (χ0n) is 12.9. The normalized spacial score (nSPS) is 10.7. The zero-order valence-corrected chi connectivity index (χ0v) is 12.9. The predicted molar refractivity (Wildman–Crippen MR) is 84.4 cm³/mol. The number of aryl methyl sites for hydroxylation is 2. The fourth-order valence-corrected chi connectivity index (χ4v) is 2.11. The number of anilines is 1. The molecule has 0 unspecified atom stereocenters. The first-order valence-corrected chi connectivity index (χ1v) is 7.12. The monoisotopic (exact) mass is 286 g/mol. The molecular weight excluding hydrogens is 264 g/mol. The van der Waals surface area contributed by atoms with E-state index in [0.717, 1.165) is 17.1 Å². The maximum Gasteiger partial charge on any atom is 0.251 e. The molecule has 5 heteroatoms. The molecule has 1 heterocycles. The van der Waals surface area contributed by atoms with E-state index in [2.05, 4.69) is 20.8 Å². The molecule has 5 nitrogen and oxygen atoms in total. The molecule has 112 valence electrons. The highest BCUT2D eigenvalue weighted by molar-refractivity contribution is 5.94. The van der Waals surface area contributed by atoms with Gasteiger partial charge in [0.1, 0.15) is 0 Å². The van der Waals surface area contributed by atoms with Crippen molar-refractivity contribution in [3.8, 4) is 0 Å². The Hall–Kier alpha value is -2.30. The maximum absolute atomic E-state index is 11.9. The van der Waals surface area contributed by atoms with Gasteiger partial charge in [-0.15, -0.1) is 0 Å². The number of aromatic nitrogens is 2. The van der Waals surface area contributed by atoms with Crippen LogP contribution in [0.2, 0.25) is 0 Å². The Balaban J connectivity index is 1.98. The number of hydrogen-bond acceptors (Lipinski definition) is 3. The van der Waals surface area contributed by atoms with Gasteiger partial charge in [-0.3, -0.25) is 9.89 Å². The van der Waals surface area contributed by atoms with E-state index in [-0.39, 0.29) is 11.9 Å². The van der Waals surface area contributed by atoms with Gasteiger partial charge in [0.25, 0.3) is 5.91 Å². The molecule has 0 radical (unpaired) electrons. The lowest BCUT2D eigenvalue weighted by atomic mass is 10.1. The van der Waals surface area contributed by atoms with Gasteiger partial charge in [-0.25, -0.2) is 0 Å². The molecule has 2 rings (SSSR count). The van der Waals surface area contributed by atoms with E-state index in [1.165, 1.54) is 5.56 Å². The van der Waals surface area contributed by atoms with Crippen LogP contribution in [0.4, 0.5) is 5.69 Å². The van der Waals surface area contributed by atoms with Gasteiger partial charge < -0.3 is 10.6 Å². The van der Waals surface area contributed by atoms with Crippen LogP contribution in [-0.4, -0.2) is 22.1 Å². The summed E-state index contributed by atoms with van der Waals surface area (Å²) in [6.07, 6.45) is 0. The fourth-order valence-electron chi connectivity index (χ4n) is 2.11.